The Kier molecular flexibility index (Phi) is 7.20. The molecule has 0 saturated heterocycles. The summed E-state index contributed by atoms with van der Waals surface area (Å²) in [5, 5.41) is 3.51. The molecule has 1 amide bonds. The first-order valence-electron chi connectivity index (χ1n) is 9.11. The summed E-state index contributed by atoms with van der Waals surface area (Å²) in [7, 11) is 0. The van der Waals surface area contributed by atoms with Crippen molar-refractivity contribution in [1.29, 1.82) is 0 Å². The van der Waals surface area contributed by atoms with Gasteiger partial charge in [-0.25, -0.2) is 4.79 Å². The van der Waals surface area contributed by atoms with Gasteiger partial charge in [0.15, 0.2) is 6.61 Å². The van der Waals surface area contributed by atoms with E-state index in [1.54, 1.807) is 24.3 Å². The van der Waals surface area contributed by atoms with Crippen molar-refractivity contribution in [3.05, 3.63) is 113 Å². The van der Waals surface area contributed by atoms with Crippen molar-refractivity contribution in [3.63, 3.8) is 0 Å². The lowest BCUT2D eigenvalue weighted by Crippen LogP contribution is -2.32. The second kappa shape index (κ2) is 10.2. The minimum absolute atomic E-state index is 0.328. The van der Waals surface area contributed by atoms with Crippen molar-refractivity contribution in [2.75, 3.05) is 6.61 Å². The van der Waals surface area contributed by atoms with E-state index in [4.69, 9.17) is 16.3 Å². The van der Waals surface area contributed by atoms with Crippen molar-refractivity contribution >= 4 is 29.6 Å². The monoisotopic (exact) mass is 405 g/mol. The molecule has 0 saturated carbocycles. The Morgan fingerprint density at radius 2 is 1.52 bits per heavy atom. The quantitative estimate of drug-likeness (QED) is 0.453. The van der Waals surface area contributed by atoms with Crippen LogP contribution in [-0.4, -0.2) is 18.5 Å². The highest BCUT2D eigenvalue weighted by atomic mass is 35.5. The molecule has 0 bridgehead atoms. The molecule has 0 aliphatic rings. The van der Waals surface area contributed by atoms with Crippen molar-refractivity contribution < 1.29 is 14.3 Å². The Morgan fingerprint density at radius 1 is 0.897 bits per heavy atom. The predicted octanol–water partition coefficient (Wildman–Crippen LogP) is 4.80. The second-order valence-corrected chi connectivity index (χ2v) is 6.75. The largest absolute Gasteiger partial charge is 0.452 e. The number of hydrogen-bond donors (Lipinski definition) is 1. The summed E-state index contributed by atoms with van der Waals surface area (Å²) in [5.41, 5.74) is 2.66. The van der Waals surface area contributed by atoms with E-state index in [2.05, 4.69) is 5.32 Å². The summed E-state index contributed by atoms with van der Waals surface area (Å²) < 4.78 is 5.06. The lowest BCUT2D eigenvalue weighted by Gasteiger charge is -2.19. The third-order valence-electron chi connectivity index (χ3n) is 4.18. The average molecular weight is 406 g/mol. The zero-order valence-corrected chi connectivity index (χ0v) is 16.4. The first-order chi connectivity index (χ1) is 14.1. The molecule has 0 radical (unpaired) electrons. The van der Waals surface area contributed by atoms with Gasteiger partial charge in [0.1, 0.15) is 0 Å². The highest BCUT2D eigenvalue weighted by molar-refractivity contribution is 6.30. The van der Waals surface area contributed by atoms with Gasteiger partial charge in [-0.1, -0.05) is 84.4 Å². The summed E-state index contributed by atoms with van der Waals surface area (Å²) >= 11 is 5.91. The summed E-state index contributed by atoms with van der Waals surface area (Å²) in [6.45, 7) is -0.366. The first kappa shape index (κ1) is 20.4. The number of hydrogen-bond acceptors (Lipinski definition) is 3. The number of nitrogens with one attached hydrogen (secondary N) is 1. The van der Waals surface area contributed by atoms with Gasteiger partial charge >= 0.3 is 5.97 Å². The molecule has 0 aliphatic heterocycles. The van der Waals surface area contributed by atoms with Crippen molar-refractivity contribution in [3.8, 4) is 0 Å². The molecule has 146 valence electrons. The Balaban J connectivity index is 1.59. The van der Waals surface area contributed by atoms with Crippen LogP contribution in [0.4, 0.5) is 0 Å². The third kappa shape index (κ3) is 6.33. The van der Waals surface area contributed by atoms with E-state index in [-0.39, 0.29) is 18.6 Å². The fourth-order valence-electron chi connectivity index (χ4n) is 2.81. The number of carbonyl (C=O) groups is 2. The van der Waals surface area contributed by atoms with E-state index in [0.29, 0.717) is 5.02 Å². The van der Waals surface area contributed by atoms with Crippen LogP contribution in [0.25, 0.3) is 6.08 Å². The lowest BCUT2D eigenvalue weighted by molar-refractivity contribution is -0.143. The van der Waals surface area contributed by atoms with Gasteiger partial charge < -0.3 is 10.1 Å². The van der Waals surface area contributed by atoms with Crippen LogP contribution in [0, 0.1) is 0 Å². The SMILES string of the molecule is O=C(COC(=O)C=Cc1cccc(Cl)c1)NC(c1ccccc1)c1ccccc1. The average Bonchev–Trinajstić information content (AvgIpc) is 2.76. The lowest BCUT2D eigenvalue weighted by atomic mass is 9.99. The van der Waals surface area contributed by atoms with Gasteiger partial charge in [-0.15, -0.1) is 0 Å². The first-order valence-corrected chi connectivity index (χ1v) is 9.49. The van der Waals surface area contributed by atoms with Crippen LogP contribution in [0.1, 0.15) is 22.7 Å². The van der Waals surface area contributed by atoms with Crippen LogP contribution in [0.3, 0.4) is 0 Å². The topological polar surface area (TPSA) is 55.4 Å². The van der Waals surface area contributed by atoms with E-state index in [9.17, 15) is 9.59 Å². The van der Waals surface area contributed by atoms with Gasteiger partial charge in [0.2, 0.25) is 0 Å². The molecule has 0 fully saturated rings. The summed E-state index contributed by atoms with van der Waals surface area (Å²) in [4.78, 5) is 24.3. The van der Waals surface area contributed by atoms with Gasteiger partial charge in [-0.3, -0.25) is 4.79 Å². The summed E-state index contributed by atoms with van der Waals surface area (Å²) in [6, 6.07) is 26.0. The van der Waals surface area contributed by atoms with Gasteiger partial charge in [0.05, 0.1) is 6.04 Å². The molecule has 0 aromatic heterocycles. The normalized spacial score (nSPS) is 10.8. The molecule has 4 nitrogen and oxygen atoms in total. The van der Waals surface area contributed by atoms with Crippen LogP contribution in [0.5, 0.6) is 0 Å². The molecule has 0 unspecified atom stereocenters. The molecule has 3 aromatic rings. The summed E-state index contributed by atoms with van der Waals surface area (Å²) in [5.74, 6) is -0.983. The maximum atomic E-state index is 12.4. The molecule has 1 N–H and O–H groups in total. The van der Waals surface area contributed by atoms with Gasteiger partial charge in [-0.05, 0) is 34.9 Å². The number of ether oxygens (including phenoxy) is 1. The molecule has 5 heteroatoms. The number of carbonyl (C=O) groups excluding carboxylic acids is 2. The second-order valence-electron chi connectivity index (χ2n) is 6.32. The minimum atomic E-state index is -0.601. The number of halogens is 1. The van der Waals surface area contributed by atoms with E-state index in [1.807, 2.05) is 66.7 Å². The van der Waals surface area contributed by atoms with E-state index in [0.717, 1.165) is 16.7 Å². The standard InChI is InChI=1S/C24H20ClNO3/c25-21-13-7-8-18(16-21)14-15-23(28)29-17-22(27)26-24(19-9-3-1-4-10-19)20-11-5-2-6-12-20/h1-16,24H,17H2,(H,26,27). The van der Waals surface area contributed by atoms with Crippen LogP contribution in [0.2, 0.25) is 5.02 Å². The molecular weight excluding hydrogens is 386 g/mol. The Bertz CT molecular complexity index is 948. The number of benzene rings is 3. The molecule has 0 atom stereocenters. The maximum absolute atomic E-state index is 12.4. The molecule has 3 rings (SSSR count). The minimum Gasteiger partial charge on any atom is -0.452 e. The van der Waals surface area contributed by atoms with Crippen LogP contribution >= 0.6 is 11.6 Å². The maximum Gasteiger partial charge on any atom is 0.331 e. The highest BCUT2D eigenvalue weighted by Crippen LogP contribution is 2.21. The fourth-order valence-corrected chi connectivity index (χ4v) is 3.01. The fraction of sp³-hybridized carbons (Fsp3) is 0.0833. The van der Waals surface area contributed by atoms with Crippen LogP contribution in [-0.2, 0) is 14.3 Å². The summed E-state index contributed by atoms with van der Waals surface area (Å²) in [6.07, 6.45) is 2.85. The smallest absolute Gasteiger partial charge is 0.331 e. The van der Waals surface area contributed by atoms with E-state index < -0.39 is 5.97 Å². The third-order valence-corrected chi connectivity index (χ3v) is 4.41. The van der Waals surface area contributed by atoms with Crippen molar-refractivity contribution in [2.24, 2.45) is 0 Å². The number of esters is 1. The van der Waals surface area contributed by atoms with Gasteiger partial charge in [0, 0.05) is 11.1 Å². The van der Waals surface area contributed by atoms with Crippen LogP contribution < -0.4 is 5.32 Å². The van der Waals surface area contributed by atoms with E-state index >= 15 is 0 Å². The van der Waals surface area contributed by atoms with Crippen LogP contribution in [0.15, 0.2) is 91.0 Å². The van der Waals surface area contributed by atoms with E-state index in [1.165, 1.54) is 6.08 Å². The van der Waals surface area contributed by atoms with Gasteiger partial charge in [0.25, 0.3) is 5.91 Å². The molecule has 0 spiro atoms. The Morgan fingerprint density at radius 3 is 2.10 bits per heavy atom. The molecular formula is C24H20ClNO3. The zero-order valence-electron chi connectivity index (χ0n) is 15.6. The highest BCUT2D eigenvalue weighted by Gasteiger charge is 2.17. The Labute approximate surface area is 174 Å². The molecule has 3 aromatic carbocycles. The molecule has 0 heterocycles. The number of amides is 1. The molecule has 29 heavy (non-hydrogen) atoms. The van der Waals surface area contributed by atoms with Gasteiger partial charge in [-0.2, -0.15) is 0 Å². The zero-order chi connectivity index (χ0) is 20.5. The predicted molar refractivity (Wildman–Crippen MR) is 114 cm³/mol. The molecule has 0 aliphatic carbocycles. The van der Waals surface area contributed by atoms with Crippen molar-refractivity contribution in [2.45, 2.75) is 6.04 Å². The Hall–Kier alpha value is -3.37. The number of rotatable bonds is 7. The van der Waals surface area contributed by atoms with Crippen molar-refractivity contribution in [1.82, 2.24) is 5.32 Å².